The zero-order valence-corrected chi connectivity index (χ0v) is 10.2. The maximum Gasteiger partial charge on any atom is 0.270 e. The quantitative estimate of drug-likeness (QED) is 0.610. The minimum atomic E-state index is -0.421. The molecule has 1 atom stereocenters. The minimum absolute atomic E-state index is 0.0488. The molecule has 0 radical (unpaired) electrons. The largest absolute Gasteiger partial charge is 0.496 e. The number of unbranched alkanes of at least 4 members (excludes halogenated alkanes) is 1. The van der Waals surface area contributed by atoms with Gasteiger partial charge in [-0.3, -0.25) is 10.1 Å². The summed E-state index contributed by atoms with van der Waals surface area (Å²) in [4.78, 5) is 10.3. The number of nitro benzene ring substituents is 1. The lowest BCUT2D eigenvalue weighted by Gasteiger charge is -2.15. The molecule has 1 aromatic rings. The van der Waals surface area contributed by atoms with Gasteiger partial charge in [0.25, 0.3) is 5.69 Å². The molecule has 0 aliphatic rings. The van der Waals surface area contributed by atoms with Crippen molar-refractivity contribution in [3.8, 4) is 5.75 Å². The van der Waals surface area contributed by atoms with Crippen molar-refractivity contribution in [2.24, 2.45) is 5.73 Å². The number of non-ortho nitro benzene ring substituents is 1. The van der Waals surface area contributed by atoms with Gasteiger partial charge < -0.3 is 10.5 Å². The Kier molecular flexibility index (Phi) is 4.90. The van der Waals surface area contributed by atoms with Crippen molar-refractivity contribution >= 4 is 5.69 Å². The molecule has 0 saturated heterocycles. The first-order valence-corrected chi connectivity index (χ1v) is 5.68. The highest BCUT2D eigenvalue weighted by Crippen LogP contribution is 2.30. The topological polar surface area (TPSA) is 78.4 Å². The second-order valence-electron chi connectivity index (χ2n) is 3.93. The third-order valence-electron chi connectivity index (χ3n) is 2.69. The van der Waals surface area contributed by atoms with Gasteiger partial charge in [0.2, 0.25) is 0 Å². The average molecular weight is 238 g/mol. The predicted molar refractivity (Wildman–Crippen MR) is 66.1 cm³/mol. The van der Waals surface area contributed by atoms with Crippen LogP contribution in [-0.2, 0) is 0 Å². The molecule has 0 heterocycles. The van der Waals surface area contributed by atoms with Gasteiger partial charge in [0.05, 0.1) is 12.0 Å². The van der Waals surface area contributed by atoms with E-state index in [4.69, 9.17) is 10.5 Å². The number of hydrogen-bond donors (Lipinski definition) is 1. The van der Waals surface area contributed by atoms with Gasteiger partial charge in [-0.15, -0.1) is 0 Å². The normalized spacial score (nSPS) is 12.2. The number of rotatable bonds is 6. The van der Waals surface area contributed by atoms with E-state index in [0.717, 1.165) is 19.3 Å². The highest BCUT2D eigenvalue weighted by molar-refractivity contribution is 5.45. The zero-order chi connectivity index (χ0) is 12.8. The Hall–Kier alpha value is -1.62. The van der Waals surface area contributed by atoms with Crippen LogP contribution < -0.4 is 10.5 Å². The summed E-state index contributed by atoms with van der Waals surface area (Å²) in [7, 11) is 1.54. The fourth-order valence-corrected chi connectivity index (χ4v) is 1.70. The Morgan fingerprint density at radius 2 is 2.24 bits per heavy atom. The van der Waals surface area contributed by atoms with Crippen molar-refractivity contribution in [2.75, 3.05) is 7.11 Å². The lowest BCUT2D eigenvalue weighted by molar-refractivity contribution is -0.385. The van der Waals surface area contributed by atoms with E-state index in [0.29, 0.717) is 11.3 Å². The minimum Gasteiger partial charge on any atom is -0.496 e. The van der Waals surface area contributed by atoms with Crippen molar-refractivity contribution in [2.45, 2.75) is 32.2 Å². The first-order chi connectivity index (χ1) is 8.10. The highest BCUT2D eigenvalue weighted by Gasteiger charge is 2.16. The van der Waals surface area contributed by atoms with Gasteiger partial charge in [0.1, 0.15) is 5.75 Å². The van der Waals surface area contributed by atoms with Gasteiger partial charge in [-0.1, -0.05) is 19.8 Å². The Labute approximate surface area is 101 Å². The summed E-state index contributed by atoms with van der Waals surface area (Å²) in [5.74, 6) is 0.610. The van der Waals surface area contributed by atoms with Gasteiger partial charge in [-0.2, -0.15) is 0 Å². The molecular weight excluding hydrogens is 220 g/mol. The third kappa shape index (κ3) is 3.42. The summed E-state index contributed by atoms with van der Waals surface area (Å²) >= 11 is 0. The van der Waals surface area contributed by atoms with E-state index in [1.165, 1.54) is 19.2 Å². The Morgan fingerprint density at radius 3 is 2.76 bits per heavy atom. The van der Waals surface area contributed by atoms with Crippen LogP contribution in [0.5, 0.6) is 5.75 Å². The second kappa shape index (κ2) is 6.20. The first-order valence-electron chi connectivity index (χ1n) is 5.68. The molecule has 17 heavy (non-hydrogen) atoms. The van der Waals surface area contributed by atoms with Gasteiger partial charge in [-0.25, -0.2) is 0 Å². The van der Waals surface area contributed by atoms with E-state index in [-0.39, 0.29) is 11.7 Å². The van der Waals surface area contributed by atoms with E-state index in [1.807, 2.05) is 0 Å². The van der Waals surface area contributed by atoms with Crippen LogP contribution in [0.3, 0.4) is 0 Å². The number of nitrogens with zero attached hydrogens (tertiary/aromatic N) is 1. The number of nitro groups is 1. The molecule has 0 aliphatic carbocycles. The van der Waals surface area contributed by atoms with E-state index in [1.54, 1.807) is 6.07 Å². The third-order valence-corrected chi connectivity index (χ3v) is 2.69. The van der Waals surface area contributed by atoms with E-state index in [9.17, 15) is 10.1 Å². The lowest BCUT2D eigenvalue weighted by atomic mass is 10.0. The fourth-order valence-electron chi connectivity index (χ4n) is 1.70. The van der Waals surface area contributed by atoms with Crippen LogP contribution in [0.25, 0.3) is 0 Å². The molecular formula is C12H18N2O3. The maximum absolute atomic E-state index is 10.7. The standard InChI is InChI=1S/C12H18N2O3/c1-3-4-5-11(13)10-8-9(14(15)16)6-7-12(10)17-2/h6-8,11H,3-5,13H2,1-2H3. The maximum atomic E-state index is 10.7. The zero-order valence-electron chi connectivity index (χ0n) is 10.2. The SMILES string of the molecule is CCCCC(N)c1cc([N+](=O)[O-])ccc1OC. The molecule has 0 bridgehead atoms. The van der Waals surface area contributed by atoms with Gasteiger partial charge >= 0.3 is 0 Å². The predicted octanol–water partition coefficient (Wildman–Crippen LogP) is 2.79. The molecule has 5 nitrogen and oxygen atoms in total. The summed E-state index contributed by atoms with van der Waals surface area (Å²) in [6.07, 6.45) is 2.84. The Morgan fingerprint density at radius 1 is 1.53 bits per heavy atom. The molecule has 2 N–H and O–H groups in total. The molecule has 0 spiro atoms. The Bertz CT molecular complexity index is 393. The number of nitrogens with two attached hydrogens (primary N) is 1. The van der Waals surface area contributed by atoms with E-state index >= 15 is 0 Å². The summed E-state index contributed by atoms with van der Waals surface area (Å²) in [6, 6.07) is 4.30. The van der Waals surface area contributed by atoms with Gasteiger partial charge in [0, 0.05) is 23.7 Å². The summed E-state index contributed by atoms with van der Waals surface area (Å²) in [6.45, 7) is 2.08. The summed E-state index contributed by atoms with van der Waals surface area (Å²) < 4.78 is 5.18. The van der Waals surface area contributed by atoms with E-state index in [2.05, 4.69) is 6.92 Å². The molecule has 1 rings (SSSR count). The first kappa shape index (κ1) is 13.4. The highest BCUT2D eigenvalue weighted by atomic mass is 16.6. The molecule has 0 aromatic heterocycles. The van der Waals surface area contributed by atoms with Crippen molar-refractivity contribution in [1.29, 1.82) is 0 Å². The van der Waals surface area contributed by atoms with Crippen LogP contribution in [0.4, 0.5) is 5.69 Å². The molecule has 0 fully saturated rings. The smallest absolute Gasteiger partial charge is 0.270 e. The molecule has 5 heteroatoms. The molecule has 1 aromatic carbocycles. The molecule has 0 saturated carbocycles. The molecule has 0 amide bonds. The fraction of sp³-hybridized carbons (Fsp3) is 0.500. The van der Waals surface area contributed by atoms with Crippen LogP contribution in [0, 0.1) is 10.1 Å². The summed E-state index contributed by atoms with van der Waals surface area (Å²) in [5, 5.41) is 10.7. The number of benzene rings is 1. The average Bonchev–Trinajstić information content (AvgIpc) is 2.34. The second-order valence-corrected chi connectivity index (χ2v) is 3.93. The summed E-state index contributed by atoms with van der Waals surface area (Å²) in [5.41, 5.74) is 6.78. The van der Waals surface area contributed by atoms with Crippen LogP contribution in [-0.4, -0.2) is 12.0 Å². The molecule has 94 valence electrons. The number of ether oxygens (including phenoxy) is 1. The number of methoxy groups -OCH3 is 1. The van der Waals surface area contributed by atoms with Crippen molar-refractivity contribution in [3.63, 3.8) is 0 Å². The monoisotopic (exact) mass is 238 g/mol. The van der Waals surface area contributed by atoms with Crippen molar-refractivity contribution in [3.05, 3.63) is 33.9 Å². The van der Waals surface area contributed by atoms with Gasteiger partial charge in [0.15, 0.2) is 0 Å². The van der Waals surface area contributed by atoms with Crippen molar-refractivity contribution < 1.29 is 9.66 Å². The van der Waals surface area contributed by atoms with Crippen LogP contribution in [0.1, 0.15) is 37.8 Å². The van der Waals surface area contributed by atoms with E-state index < -0.39 is 4.92 Å². The van der Waals surface area contributed by atoms with Crippen LogP contribution in [0.15, 0.2) is 18.2 Å². The van der Waals surface area contributed by atoms with Crippen LogP contribution >= 0.6 is 0 Å². The number of hydrogen-bond acceptors (Lipinski definition) is 4. The Balaban J connectivity index is 3.00. The van der Waals surface area contributed by atoms with Crippen LogP contribution in [0.2, 0.25) is 0 Å². The van der Waals surface area contributed by atoms with Crippen molar-refractivity contribution in [1.82, 2.24) is 0 Å². The molecule has 1 unspecified atom stereocenters. The molecule has 0 aliphatic heterocycles. The lowest BCUT2D eigenvalue weighted by Crippen LogP contribution is -2.11. The van der Waals surface area contributed by atoms with Gasteiger partial charge in [-0.05, 0) is 12.5 Å².